The molecule has 0 aromatic heterocycles. The fourth-order valence-electron chi connectivity index (χ4n) is 5.21. The number of halogens is 1. The van der Waals surface area contributed by atoms with Gasteiger partial charge in [-0.1, -0.05) is 25.0 Å². The minimum absolute atomic E-state index is 0.0668. The van der Waals surface area contributed by atoms with E-state index in [4.69, 9.17) is 9.47 Å². The third-order valence-corrected chi connectivity index (χ3v) is 6.64. The van der Waals surface area contributed by atoms with Gasteiger partial charge in [0, 0.05) is 18.0 Å². The molecule has 1 saturated heterocycles. The molecule has 2 fully saturated rings. The van der Waals surface area contributed by atoms with Crippen LogP contribution in [0.4, 0.5) is 4.39 Å². The van der Waals surface area contributed by atoms with Crippen molar-refractivity contribution in [2.24, 2.45) is 5.92 Å². The van der Waals surface area contributed by atoms with Crippen LogP contribution in [0.15, 0.2) is 42.5 Å². The van der Waals surface area contributed by atoms with Gasteiger partial charge in [-0.25, -0.2) is 4.39 Å². The smallest absolute Gasteiger partial charge is 0.254 e. The molecule has 0 spiro atoms. The lowest BCUT2D eigenvalue weighted by atomic mass is 9.66. The lowest BCUT2D eigenvalue weighted by Crippen LogP contribution is -2.56. The Morgan fingerprint density at radius 1 is 1.10 bits per heavy atom. The van der Waals surface area contributed by atoms with Gasteiger partial charge in [-0.05, 0) is 55.2 Å². The zero-order chi connectivity index (χ0) is 20.0. The lowest BCUT2D eigenvalue weighted by Gasteiger charge is -2.52. The van der Waals surface area contributed by atoms with E-state index in [1.165, 1.54) is 12.1 Å². The highest BCUT2D eigenvalue weighted by atomic mass is 19.1. The van der Waals surface area contributed by atoms with Gasteiger partial charge in [0.25, 0.3) is 5.91 Å². The number of benzene rings is 2. The van der Waals surface area contributed by atoms with Crippen molar-refractivity contribution in [2.45, 2.75) is 43.7 Å². The SMILES string of the molecule is O=C(c1cccc(F)c1)N1CC[C@@]2(O)CCCC[C@@H]2[C@@H]1c1ccc2c(c1)OCO2. The van der Waals surface area contributed by atoms with Crippen molar-refractivity contribution in [1.82, 2.24) is 4.90 Å². The first-order valence-corrected chi connectivity index (χ1v) is 10.2. The molecule has 1 amide bonds. The summed E-state index contributed by atoms with van der Waals surface area (Å²) in [4.78, 5) is 15.2. The summed E-state index contributed by atoms with van der Waals surface area (Å²) in [5.74, 6) is 0.640. The molecule has 3 atom stereocenters. The Balaban J connectivity index is 1.57. The van der Waals surface area contributed by atoms with Gasteiger partial charge >= 0.3 is 0 Å². The zero-order valence-corrected chi connectivity index (χ0v) is 16.1. The van der Waals surface area contributed by atoms with E-state index in [2.05, 4.69) is 0 Å². The van der Waals surface area contributed by atoms with Crippen LogP contribution in [0, 0.1) is 11.7 Å². The quantitative estimate of drug-likeness (QED) is 0.830. The Labute approximate surface area is 169 Å². The van der Waals surface area contributed by atoms with Crippen LogP contribution in [-0.4, -0.2) is 34.9 Å². The number of hydrogen-bond acceptors (Lipinski definition) is 4. The number of carbonyl (C=O) groups excluding carboxylic acids is 1. The van der Waals surface area contributed by atoms with Crippen LogP contribution >= 0.6 is 0 Å². The minimum atomic E-state index is -0.780. The van der Waals surface area contributed by atoms with Crippen LogP contribution in [0.5, 0.6) is 11.5 Å². The Morgan fingerprint density at radius 3 is 2.83 bits per heavy atom. The van der Waals surface area contributed by atoms with E-state index in [0.29, 0.717) is 30.0 Å². The van der Waals surface area contributed by atoms with Crippen molar-refractivity contribution in [1.29, 1.82) is 0 Å². The third-order valence-electron chi connectivity index (χ3n) is 6.64. The monoisotopic (exact) mass is 397 g/mol. The average molecular weight is 397 g/mol. The molecular formula is C23H24FNO4. The van der Waals surface area contributed by atoms with Crippen molar-refractivity contribution in [2.75, 3.05) is 13.3 Å². The fourth-order valence-corrected chi connectivity index (χ4v) is 5.21. The number of fused-ring (bicyclic) bond motifs is 2. The number of piperidine rings is 1. The number of ether oxygens (including phenoxy) is 2. The summed E-state index contributed by atoms with van der Waals surface area (Å²) >= 11 is 0. The molecule has 2 aliphatic heterocycles. The summed E-state index contributed by atoms with van der Waals surface area (Å²) in [5.41, 5.74) is 0.471. The van der Waals surface area contributed by atoms with Crippen LogP contribution in [0.3, 0.4) is 0 Å². The molecule has 152 valence electrons. The highest BCUT2D eigenvalue weighted by Crippen LogP contribution is 2.50. The molecule has 3 aliphatic rings. The van der Waals surface area contributed by atoms with E-state index in [1.54, 1.807) is 17.0 Å². The van der Waals surface area contributed by atoms with Crippen LogP contribution in [0.25, 0.3) is 0 Å². The van der Waals surface area contributed by atoms with Gasteiger partial charge in [-0.2, -0.15) is 0 Å². The van der Waals surface area contributed by atoms with Crippen molar-refractivity contribution in [3.63, 3.8) is 0 Å². The Hall–Kier alpha value is -2.60. The van der Waals surface area contributed by atoms with Crippen molar-refractivity contribution < 1.29 is 23.8 Å². The summed E-state index contributed by atoms with van der Waals surface area (Å²) in [6.45, 7) is 0.615. The van der Waals surface area contributed by atoms with E-state index in [9.17, 15) is 14.3 Å². The third kappa shape index (κ3) is 3.15. The summed E-state index contributed by atoms with van der Waals surface area (Å²) in [7, 11) is 0. The maximum Gasteiger partial charge on any atom is 0.254 e. The largest absolute Gasteiger partial charge is 0.454 e. The van der Waals surface area contributed by atoms with Gasteiger partial charge in [0.15, 0.2) is 11.5 Å². The minimum Gasteiger partial charge on any atom is -0.454 e. The number of hydrogen-bond donors (Lipinski definition) is 1. The van der Waals surface area contributed by atoms with Crippen molar-refractivity contribution >= 4 is 5.91 Å². The second-order valence-electron chi connectivity index (χ2n) is 8.27. The van der Waals surface area contributed by atoms with E-state index in [0.717, 1.165) is 31.2 Å². The Morgan fingerprint density at radius 2 is 1.97 bits per heavy atom. The number of amides is 1. The maximum absolute atomic E-state index is 13.8. The van der Waals surface area contributed by atoms with Crippen LogP contribution in [0.2, 0.25) is 0 Å². The molecule has 6 heteroatoms. The van der Waals surface area contributed by atoms with Gasteiger partial charge in [-0.15, -0.1) is 0 Å². The van der Waals surface area contributed by atoms with Crippen LogP contribution in [-0.2, 0) is 0 Å². The normalized spacial score (nSPS) is 28.1. The van der Waals surface area contributed by atoms with E-state index < -0.39 is 11.4 Å². The zero-order valence-electron chi connectivity index (χ0n) is 16.1. The summed E-state index contributed by atoms with van der Waals surface area (Å²) in [6.07, 6.45) is 4.16. The van der Waals surface area contributed by atoms with Gasteiger partial charge in [0.2, 0.25) is 6.79 Å². The second-order valence-corrected chi connectivity index (χ2v) is 8.27. The summed E-state index contributed by atoms with van der Waals surface area (Å²) in [5, 5.41) is 11.4. The maximum atomic E-state index is 13.8. The van der Waals surface area contributed by atoms with E-state index >= 15 is 0 Å². The highest BCUT2D eigenvalue weighted by Gasteiger charge is 2.50. The lowest BCUT2D eigenvalue weighted by molar-refractivity contribution is -0.115. The molecule has 5 rings (SSSR count). The predicted octanol–water partition coefficient (Wildman–Crippen LogP) is 4.06. The molecule has 2 aromatic carbocycles. The molecule has 0 unspecified atom stereocenters. The number of aliphatic hydroxyl groups is 1. The van der Waals surface area contributed by atoms with Crippen LogP contribution in [0.1, 0.15) is 54.1 Å². The number of nitrogens with zero attached hydrogens (tertiary/aromatic N) is 1. The summed E-state index contributed by atoms with van der Waals surface area (Å²) in [6, 6.07) is 11.2. The molecule has 2 aromatic rings. The molecule has 0 bridgehead atoms. The van der Waals surface area contributed by atoms with Crippen molar-refractivity contribution in [3.05, 3.63) is 59.4 Å². The molecule has 29 heavy (non-hydrogen) atoms. The average Bonchev–Trinajstić information content (AvgIpc) is 3.20. The first kappa shape index (κ1) is 18.4. The van der Waals surface area contributed by atoms with Gasteiger partial charge in [0.1, 0.15) is 5.82 Å². The standard InChI is InChI=1S/C23H24FNO4/c24-17-5-3-4-16(12-17)22(26)25-11-10-23(27)9-2-1-6-18(23)21(25)15-7-8-19-20(13-15)29-14-28-19/h3-5,7-8,12-13,18,21,27H,1-2,6,9-11,14H2/t18-,21+,23+/m1/s1. The Kier molecular flexibility index (Phi) is 4.46. The van der Waals surface area contributed by atoms with E-state index in [-0.39, 0.29) is 24.7 Å². The molecular weight excluding hydrogens is 373 g/mol. The molecule has 1 N–H and O–H groups in total. The van der Waals surface area contributed by atoms with Gasteiger partial charge in [-0.3, -0.25) is 4.79 Å². The van der Waals surface area contributed by atoms with Crippen molar-refractivity contribution in [3.8, 4) is 11.5 Å². The fraction of sp³-hybridized carbons (Fsp3) is 0.435. The number of likely N-dealkylation sites (tertiary alicyclic amines) is 1. The first-order valence-electron chi connectivity index (χ1n) is 10.2. The first-order chi connectivity index (χ1) is 14.0. The molecule has 0 radical (unpaired) electrons. The predicted molar refractivity (Wildman–Crippen MR) is 104 cm³/mol. The second kappa shape index (κ2) is 7.02. The molecule has 1 aliphatic carbocycles. The Bertz CT molecular complexity index is 948. The van der Waals surface area contributed by atoms with Crippen LogP contribution < -0.4 is 9.47 Å². The topological polar surface area (TPSA) is 59.0 Å². The van der Waals surface area contributed by atoms with E-state index in [1.807, 2.05) is 18.2 Å². The van der Waals surface area contributed by atoms with Gasteiger partial charge < -0.3 is 19.5 Å². The number of rotatable bonds is 2. The number of carbonyl (C=O) groups is 1. The van der Waals surface area contributed by atoms with Gasteiger partial charge in [0.05, 0.1) is 11.6 Å². The summed E-state index contributed by atoms with van der Waals surface area (Å²) < 4.78 is 24.7. The molecule has 2 heterocycles. The highest BCUT2D eigenvalue weighted by molar-refractivity contribution is 5.94. The molecule has 1 saturated carbocycles. The molecule has 5 nitrogen and oxygen atoms in total.